The van der Waals surface area contributed by atoms with Gasteiger partial charge in [0.25, 0.3) is 15.9 Å². The number of rotatable bonds is 7. The highest BCUT2D eigenvalue weighted by Crippen LogP contribution is 2.21. The van der Waals surface area contributed by atoms with Gasteiger partial charge in [-0.1, -0.05) is 36.4 Å². The highest BCUT2D eigenvalue weighted by atomic mass is 32.2. The molecule has 3 aromatic carbocycles. The molecule has 0 atom stereocenters. The molecule has 182 valence electrons. The molecule has 2 heterocycles. The summed E-state index contributed by atoms with van der Waals surface area (Å²) in [5, 5.41) is 2.81. The molecule has 0 fully saturated rings. The monoisotopic (exact) mass is 499 g/mol. The molecule has 1 aliphatic rings. The molecule has 36 heavy (non-hydrogen) atoms. The van der Waals surface area contributed by atoms with Crippen LogP contribution in [-0.4, -0.2) is 35.7 Å². The summed E-state index contributed by atoms with van der Waals surface area (Å²) in [6, 6.07) is 23.6. The van der Waals surface area contributed by atoms with Gasteiger partial charge in [-0.3, -0.25) is 9.69 Å². The molecule has 1 amide bonds. The molecule has 1 aliphatic heterocycles. The Morgan fingerprint density at radius 2 is 1.56 bits per heavy atom. The lowest BCUT2D eigenvalue weighted by molar-refractivity contribution is 0.102. The third-order valence-corrected chi connectivity index (χ3v) is 7.39. The molecule has 0 aliphatic carbocycles. The average Bonchev–Trinajstić information content (AvgIpc) is 2.90. The molecular weight excluding hydrogens is 474 g/mol. The van der Waals surface area contributed by atoms with Crippen LogP contribution >= 0.6 is 0 Å². The maximum Gasteiger partial charge on any atom is 0.264 e. The highest BCUT2D eigenvalue weighted by molar-refractivity contribution is 7.92. The second kappa shape index (κ2) is 10.3. The Morgan fingerprint density at radius 3 is 2.28 bits per heavy atom. The van der Waals surface area contributed by atoms with E-state index in [9.17, 15) is 13.2 Å². The number of anilines is 2. The van der Waals surface area contributed by atoms with Crippen molar-refractivity contribution in [1.82, 2.24) is 14.9 Å². The molecule has 0 unspecified atom stereocenters. The molecule has 2 N–H and O–H groups in total. The summed E-state index contributed by atoms with van der Waals surface area (Å²) < 4.78 is 27.3. The molecule has 5 rings (SSSR count). The topological polar surface area (TPSA) is 104 Å². The van der Waals surface area contributed by atoms with Crippen molar-refractivity contribution in [3.63, 3.8) is 0 Å². The summed E-state index contributed by atoms with van der Waals surface area (Å²) in [4.78, 5) is 22.9. The van der Waals surface area contributed by atoms with Gasteiger partial charge in [0.2, 0.25) is 5.95 Å². The normalized spacial score (nSPS) is 13.6. The van der Waals surface area contributed by atoms with Gasteiger partial charge in [-0.15, -0.1) is 0 Å². The SMILES string of the molecule is O=C(Nc1ccc(S(=O)(=O)Nc2ncccn2)cc1)c1ccc(CN2CCc3ccccc3C2)cc1. The summed E-state index contributed by atoms with van der Waals surface area (Å²) in [6.45, 7) is 2.77. The second-order valence-electron chi connectivity index (χ2n) is 8.58. The fourth-order valence-corrected chi connectivity index (χ4v) is 5.12. The maximum absolute atomic E-state index is 12.7. The minimum absolute atomic E-state index is 0.0107. The van der Waals surface area contributed by atoms with E-state index in [0.29, 0.717) is 11.3 Å². The number of carbonyl (C=O) groups excluding carboxylic acids is 1. The van der Waals surface area contributed by atoms with Crippen molar-refractivity contribution in [2.24, 2.45) is 0 Å². The van der Waals surface area contributed by atoms with Gasteiger partial charge in [-0.25, -0.2) is 23.1 Å². The Hall–Kier alpha value is -4.08. The third kappa shape index (κ3) is 5.59. The van der Waals surface area contributed by atoms with E-state index in [1.807, 2.05) is 24.3 Å². The molecule has 0 spiro atoms. The summed E-state index contributed by atoms with van der Waals surface area (Å²) in [7, 11) is -3.84. The number of benzene rings is 3. The van der Waals surface area contributed by atoms with Gasteiger partial charge in [-0.2, -0.15) is 0 Å². The zero-order valence-corrected chi connectivity index (χ0v) is 20.3. The first-order valence-corrected chi connectivity index (χ1v) is 13.0. The van der Waals surface area contributed by atoms with Crippen molar-refractivity contribution in [1.29, 1.82) is 0 Å². The van der Waals surface area contributed by atoms with Crippen LogP contribution in [0.4, 0.5) is 11.6 Å². The lowest BCUT2D eigenvalue weighted by Crippen LogP contribution is -2.29. The number of carbonyl (C=O) groups is 1. The van der Waals surface area contributed by atoms with Crippen LogP contribution in [0.1, 0.15) is 27.0 Å². The predicted molar refractivity (Wildman–Crippen MR) is 138 cm³/mol. The molecule has 0 saturated carbocycles. The average molecular weight is 500 g/mol. The smallest absolute Gasteiger partial charge is 0.264 e. The molecule has 4 aromatic rings. The summed E-state index contributed by atoms with van der Waals surface area (Å²) in [5.41, 5.74) is 4.97. The quantitative estimate of drug-likeness (QED) is 0.397. The van der Waals surface area contributed by atoms with Crippen LogP contribution in [0.5, 0.6) is 0 Å². The fraction of sp³-hybridized carbons (Fsp3) is 0.148. The van der Waals surface area contributed by atoms with Crippen LogP contribution in [0.3, 0.4) is 0 Å². The van der Waals surface area contributed by atoms with Crippen molar-refractivity contribution < 1.29 is 13.2 Å². The fourth-order valence-electron chi connectivity index (χ4n) is 4.16. The molecular formula is C27H25N5O3S. The van der Waals surface area contributed by atoms with Crippen LogP contribution in [0, 0.1) is 0 Å². The predicted octanol–water partition coefficient (Wildman–Crippen LogP) is 4.09. The summed E-state index contributed by atoms with van der Waals surface area (Å²) in [6.07, 6.45) is 3.94. The summed E-state index contributed by atoms with van der Waals surface area (Å²) >= 11 is 0. The number of amides is 1. The van der Waals surface area contributed by atoms with Crippen LogP contribution in [-0.2, 0) is 29.5 Å². The minimum atomic E-state index is -3.84. The largest absolute Gasteiger partial charge is 0.322 e. The second-order valence-corrected chi connectivity index (χ2v) is 10.3. The van der Waals surface area contributed by atoms with Crippen molar-refractivity contribution >= 4 is 27.6 Å². The first-order valence-electron chi connectivity index (χ1n) is 11.6. The Balaban J connectivity index is 1.18. The van der Waals surface area contributed by atoms with Crippen molar-refractivity contribution in [3.05, 3.63) is 114 Å². The molecule has 9 heteroatoms. The Labute approximate surface area is 210 Å². The van der Waals surface area contributed by atoms with Crippen molar-refractivity contribution in [3.8, 4) is 0 Å². The number of nitrogens with zero attached hydrogens (tertiary/aromatic N) is 3. The standard InChI is InChI=1S/C27H25N5O3S/c33-26(30-24-10-12-25(13-11-24)36(34,35)31-27-28-15-3-16-29-27)22-8-6-20(7-9-22)18-32-17-14-21-4-1-2-5-23(21)19-32/h1-13,15-16H,14,17-19H2,(H,30,33)(H,28,29,31). The zero-order chi connectivity index (χ0) is 25.0. The minimum Gasteiger partial charge on any atom is -0.322 e. The molecule has 0 bridgehead atoms. The van der Waals surface area contributed by atoms with E-state index in [2.05, 4.69) is 49.2 Å². The van der Waals surface area contributed by atoms with E-state index in [4.69, 9.17) is 0 Å². The van der Waals surface area contributed by atoms with Crippen LogP contribution in [0.25, 0.3) is 0 Å². The number of aromatic nitrogens is 2. The molecule has 1 aromatic heterocycles. The van der Waals surface area contributed by atoms with Crippen LogP contribution in [0.2, 0.25) is 0 Å². The molecule has 0 radical (unpaired) electrons. The van der Waals surface area contributed by atoms with E-state index in [-0.39, 0.29) is 16.8 Å². The van der Waals surface area contributed by atoms with E-state index in [1.165, 1.54) is 35.7 Å². The summed E-state index contributed by atoms with van der Waals surface area (Å²) in [5.74, 6) is -0.275. The van der Waals surface area contributed by atoms with Gasteiger partial charge >= 0.3 is 0 Å². The number of fused-ring (bicyclic) bond motifs is 1. The highest BCUT2D eigenvalue weighted by Gasteiger charge is 2.17. The lowest BCUT2D eigenvalue weighted by Gasteiger charge is -2.28. The third-order valence-electron chi connectivity index (χ3n) is 6.05. The van der Waals surface area contributed by atoms with Gasteiger partial charge in [0.15, 0.2) is 0 Å². The Bertz CT molecular complexity index is 1460. The maximum atomic E-state index is 12.7. The Morgan fingerprint density at radius 1 is 0.861 bits per heavy atom. The number of hydrogen-bond acceptors (Lipinski definition) is 6. The van der Waals surface area contributed by atoms with Crippen molar-refractivity contribution in [2.75, 3.05) is 16.6 Å². The number of hydrogen-bond donors (Lipinski definition) is 2. The molecule has 8 nitrogen and oxygen atoms in total. The van der Waals surface area contributed by atoms with Crippen LogP contribution < -0.4 is 10.0 Å². The van der Waals surface area contributed by atoms with E-state index in [1.54, 1.807) is 18.2 Å². The van der Waals surface area contributed by atoms with E-state index < -0.39 is 10.0 Å². The van der Waals surface area contributed by atoms with Gasteiger partial charge in [0.05, 0.1) is 4.90 Å². The van der Waals surface area contributed by atoms with Gasteiger partial charge < -0.3 is 5.32 Å². The zero-order valence-electron chi connectivity index (χ0n) is 19.5. The Kier molecular flexibility index (Phi) is 6.75. The lowest BCUT2D eigenvalue weighted by atomic mass is 9.99. The first-order chi connectivity index (χ1) is 17.5. The van der Waals surface area contributed by atoms with Crippen LogP contribution in [0.15, 0.2) is 96.2 Å². The van der Waals surface area contributed by atoms with Gasteiger partial charge in [0, 0.05) is 43.3 Å². The number of sulfonamides is 1. The van der Waals surface area contributed by atoms with E-state index >= 15 is 0 Å². The van der Waals surface area contributed by atoms with E-state index in [0.717, 1.165) is 31.6 Å². The van der Waals surface area contributed by atoms with Crippen molar-refractivity contribution in [2.45, 2.75) is 24.4 Å². The number of nitrogens with one attached hydrogen (secondary N) is 2. The molecule has 0 saturated heterocycles. The van der Waals surface area contributed by atoms with Gasteiger partial charge in [0.1, 0.15) is 0 Å². The van der Waals surface area contributed by atoms with Gasteiger partial charge in [-0.05, 0) is 65.6 Å². The first kappa shape index (κ1) is 23.7.